The first-order chi connectivity index (χ1) is 19.5. The number of carbonyl (C=O) groups excluding carboxylic acids is 2. The van der Waals surface area contributed by atoms with Crippen LogP contribution in [0.3, 0.4) is 0 Å². The van der Waals surface area contributed by atoms with Gasteiger partial charge in [0.1, 0.15) is 18.0 Å². The molecule has 0 radical (unpaired) electrons. The number of ether oxygens (including phenoxy) is 3. The number of hydrogen-bond acceptors (Lipinski definition) is 7. The van der Waals surface area contributed by atoms with Crippen LogP contribution >= 0.6 is 0 Å². The van der Waals surface area contributed by atoms with Crippen LogP contribution in [0.2, 0.25) is 0 Å². The van der Waals surface area contributed by atoms with Crippen molar-refractivity contribution in [2.75, 3.05) is 19.9 Å². The van der Waals surface area contributed by atoms with Crippen molar-refractivity contribution in [3.8, 4) is 17.2 Å². The number of amides is 2. The molecule has 3 aliphatic rings. The molecule has 0 saturated carbocycles. The molecule has 9 heteroatoms. The summed E-state index contributed by atoms with van der Waals surface area (Å²) in [5.74, 6) is 0.941. The summed E-state index contributed by atoms with van der Waals surface area (Å²) in [7, 11) is 0. The summed E-state index contributed by atoms with van der Waals surface area (Å²) in [6, 6.07) is 12.2. The minimum atomic E-state index is -1.06. The molecule has 0 bridgehead atoms. The molecule has 4 unspecified atom stereocenters. The molecule has 2 aromatic carbocycles. The lowest BCUT2D eigenvalue weighted by Gasteiger charge is -2.41. The van der Waals surface area contributed by atoms with Crippen molar-refractivity contribution in [2.45, 2.75) is 76.2 Å². The number of benzene rings is 2. The van der Waals surface area contributed by atoms with Crippen LogP contribution in [0.1, 0.15) is 62.5 Å². The Morgan fingerprint density at radius 2 is 1.82 bits per heavy atom. The molecule has 3 N–H and O–H groups in total. The van der Waals surface area contributed by atoms with Gasteiger partial charge in [-0.1, -0.05) is 56.9 Å². The fourth-order valence-corrected chi connectivity index (χ4v) is 5.81. The number of nitrogens with zero attached hydrogens (tertiary/aromatic N) is 1. The molecule has 0 aromatic heterocycles. The van der Waals surface area contributed by atoms with Crippen molar-refractivity contribution < 1.29 is 34.0 Å². The number of aliphatic hydroxyl groups excluding tert-OH is 2. The monoisotopic (exact) mass is 550 g/mol. The fourth-order valence-electron chi connectivity index (χ4n) is 5.81. The van der Waals surface area contributed by atoms with Gasteiger partial charge in [-0.25, -0.2) is 0 Å². The van der Waals surface area contributed by atoms with Gasteiger partial charge in [0.15, 0.2) is 11.5 Å². The van der Waals surface area contributed by atoms with Gasteiger partial charge >= 0.3 is 0 Å². The normalized spacial score (nSPS) is 22.1. The van der Waals surface area contributed by atoms with Crippen LogP contribution in [0.4, 0.5) is 0 Å². The molecule has 2 heterocycles. The van der Waals surface area contributed by atoms with Gasteiger partial charge in [0.2, 0.25) is 18.6 Å². The second kappa shape index (κ2) is 12.7. The number of hydrogen-bond donors (Lipinski definition) is 3. The van der Waals surface area contributed by atoms with Crippen LogP contribution in [0, 0.1) is 0 Å². The molecule has 0 saturated heterocycles. The van der Waals surface area contributed by atoms with E-state index in [1.54, 1.807) is 11.0 Å². The maximum absolute atomic E-state index is 13.8. The van der Waals surface area contributed by atoms with Crippen LogP contribution in [-0.2, 0) is 16.1 Å². The minimum absolute atomic E-state index is 0.0981. The quantitative estimate of drug-likeness (QED) is 0.347. The van der Waals surface area contributed by atoms with E-state index < -0.39 is 24.2 Å². The number of aliphatic hydroxyl groups is 2. The summed E-state index contributed by atoms with van der Waals surface area (Å²) in [6.07, 6.45) is 5.28. The Kier molecular flexibility index (Phi) is 8.91. The van der Waals surface area contributed by atoms with Crippen molar-refractivity contribution in [2.24, 2.45) is 0 Å². The molecule has 0 fully saturated rings. The topological polar surface area (TPSA) is 118 Å². The van der Waals surface area contributed by atoms with E-state index in [2.05, 4.69) is 12.2 Å². The van der Waals surface area contributed by atoms with Gasteiger partial charge in [0.25, 0.3) is 0 Å². The Morgan fingerprint density at radius 3 is 2.65 bits per heavy atom. The smallest absolute Gasteiger partial charge is 0.247 e. The highest BCUT2D eigenvalue weighted by molar-refractivity contribution is 5.96. The SMILES string of the molecule is CCCCCCCC(=O)N(Cc1ccc2c(c1)OCO2)C1C=C(C(=O)NCCO)C2c3ccccc3OC2C1O. The molecule has 5 rings (SSSR count). The molecular weight excluding hydrogens is 512 g/mol. The van der Waals surface area contributed by atoms with E-state index in [0.29, 0.717) is 29.2 Å². The van der Waals surface area contributed by atoms with E-state index >= 15 is 0 Å². The average Bonchev–Trinajstić information content (AvgIpc) is 3.60. The highest BCUT2D eigenvalue weighted by Gasteiger charge is 2.50. The summed E-state index contributed by atoms with van der Waals surface area (Å²) in [4.78, 5) is 28.8. The Bertz CT molecular complexity index is 1250. The van der Waals surface area contributed by atoms with E-state index in [4.69, 9.17) is 14.2 Å². The zero-order valence-electron chi connectivity index (χ0n) is 22.9. The van der Waals surface area contributed by atoms with Gasteiger partial charge in [-0.2, -0.15) is 0 Å². The third kappa shape index (κ3) is 5.81. The Labute approximate surface area is 234 Å². The van der Waals surface area contributed by atoms with Crippen molar-refractivity contribution in [3.63, 3.8) is 0 Å². The number of para-hydroxylation sites is 1. The molecule has 2 amide bonds. The summed E-state index contributed by atoms with van der Waals surface area (Å²) >= 11 is 0. The second-order valence-electron chi connectivity index (χ2n) is 10.6. The number of nitrogens with one attached hydrogen (secondary N) is 1. The van der Waals surface area contributed by atoms with Gasteiger partial charge in [0, 0.05) is 30.6 Å². The van der Waals surface area contributed by atoms with Crippen LogP contribution in [-0.4, -0.2) is 65.1 Å². The van der Waals surface area contributed by atoms with Gasteiger partial charge < -0.3 is 34.6 Å². The molecule has 1 aliphatic carbocycles. The summed E-state index contributed by atoms with van der Waals surface area (Å²) < 4.78 is 17.2. The first-order valence-electron chi connectivity index (χ1n) is 14.2. The maximum atomic E-state index is 13.8. The summed E-state index contributed by atoms with van der Waals surface area (Å²) in [5.41, 5.74) is 2.07. The summed E-state index contributed by atoms with van der Waals surface area (Å²) in [6.45, 7) is 2.43. The van der Waals surface area contributed by atoms with E-state index in [-0.39, 0.29) is 38.3 Å². The lowest BCUT2D eigenvalue weighted by atomic mass is 9.77. The predicted octanol–water partition coefficient (Wildman–Crippen LogP) is 3.43. The van der Waals surface area contributed by atoms with E-state index in [1.807, 2.05) is 42.5 Å². The molecule has 214 valence electrons. The van der Waals surface area contributed by atoms with Gasteiger partial charge in [0.05, 0.1) is 18.6 Å². The molecule has 9 nitrogen and oxygen atoms in total. The number of fused-ring (bicyclic) bond motifs is 4. The van der Waals surface area contributed by atoms with Crippen molar-refractivity contribution in [1.82, 2.24) is 10.2 Å². The standard InChI is InChI=1S/C31H38N2O7/c1-2-3-4-5-6-11-27(35)33(18-20-12-13-25-26(16-20)39-19-38-25)23-17-22(31(37)32-14-15-34)28-21-9-7-8-10-24(21)40-30(28)29(23)36/h7-10,12-13,16-17,23,28-30,34,36H,2-6,11,14-15,18-19H2,1H3,(H,32,37). The minimum Gasteiger partial charge on any atom is -0.486 e. The van der Waals surface area contributed by atoms with Crippen molar-refractivity contribution in [1.29, 1.82) is 0 Å². The number of unbranched alkanes of at least 4 members (excludes halogenated alkanes) is 4. The summed E-state index contributed by atoms with van der Waals surface area (Å²) in [5, 5.41) is 23.8. The molecule has 2 aromatic rings. The predicted molar refractivity (Wildman–Crippen MR) is 148 cm³/mol. The van der Waals surface area contributed by atoms with E-state index in [1.165, 1.54) is 0 Å². The van der Waals surface area contributed by atoms with Crippen LogP contribution in [0.5, 0.6) is 17.2 Å². The third-order valence-electron chi connectivity index (χ3n) is 7.84. The van der Waals surface area contributed by atoms with Crippen LogP contribution in [0.25, 0.3) is 0 Å². The van der Waals surface area contributed by atoms with Crippen LogP contribution in [0.15, 0.2) is 54.1 Å². The van der Waals surface area contributed by atoms with E-state index in [9.17, 15) is 19.8 Å². The second-order valence-corrected chi connectivity index (χ2v) is 10.6. The zero-order chi connectivity index (χ0) is 28.1. The number of carbonyl (C=O) groups is 2. The lowest BCUT2D eigenvalue weighted by Crippen LogP contribution is -2.55. The first-order valence-corrected chi connectivity index (χ1v) is 14.2. The van der Waals surface area contributed by atoms with Gasteiger partial charge in [-0.3, -0.25) is 9.59 Å². The molecule has 4 atom stereocenters. The van der Waals surface area contributed by atoms with Crippen LogP contribution < -0.4 is 19.5 Å². The number of rotatable bonds is 12. The zero-order valence-corrected chi connectivity index (χ0v) is 22.9. The highest BCUT2D eigenvalue weighted by Crippen LogP contribution is 2.47. The molecule has 40 heavy (non-hydrogen) atoms. The third-order valence-corrected chi connectivity index (χ3v) is 7.84. The molecule has 2 aliphatic heterocycles. The van der Waals surface area contributed by atoms with Gasteiger partial charge in [-0.05, 0) is 36.3 Å². The lowest BCUT2D eigenvalue weighted by molar-refractivity contribution is -0.138. The van der Waals surface area contributed by atoms with E-state index in [0.717, 1.165) is 43.2 Å². The Hall–Kier alpha value is -3.56. The van der Waals surface area contributed by atoms with Crippen molar-refractivity contribution >= 4 is 11.8 Å². The maximum Gasteiger partial charge on any atom is 0.247 e. The van der Waals surface area contributed by atoms with Crippen molar-refractivity contribution in [3.05, 3.63) is 65.2 Å². The average molecular weight is 551 g/mol. The molecular formula is C31H38N2O7. The molecule has 0 spiro atoms. The fraction of sp³-hybridized carbons (Fsp3) is 0.484. The Balaban J connectivity index is 1.47. The van der Waals surface area contributed by atoms with Gasteiger partial charge in [-0.15, -0.1) is 0 Å². The largest absolute Gasteiger partial charge is 0.486 e. The highest BCUT2D eigenvalue weighted by atomic mass is 16.7. The Morgan fingerprint density at radius 1 is 1.02 bits per heavy atom. The first kappa shape index (κ1) is 28.0.